The van der Waals surface area contributed by atoms with Crippen molar-refractivity contribution in [3.05, 3.63) is 60.8 Å². The van der Waals surface area contributed by atoms with Gasteiger partial charge < -0.3 is 28.8 Å². The number of hydrogen-bond donors (Lipinski definition) is 1. The molecule has 12 fully saturated rings. The minimum Gasteiger partial charge on any atom is -0.463 e. The molecule has 410 valence electrons. The fourth-order valence-corrected chi connectivity index (χ4v) is 14.7. The van der Waals surface area contributed by atoms with Crippen molar-refractivity contribution in [2.24, 2.45) is 41.4 Å². The zero-order valence-corrected chi connectivity index (χ0v) is 45.8. The first-order chi connectivity index (χ1) is 34.8. The van der Waals surface area contributed by atoms with Gasteiger partial charge in [0.25, 0.3) is 5.91 Å². The largest absolute Gasteiger partial charge is 0.463 e. The Morgan fingerprint density at radius 3 is 1.58 bits per heavy atom. The summed E-state index contributed by atoms with van der Waals surface area (Å²) in [7, 11) is 0. The number of hydrogen-bond acceptors (Lipinski definition) is 13. The van der Waals surface area contributed by atoms with Crippen molar-refractivity contribution in [3.8, 4) is 0 Å². The smallest absolute Gasteiger partial charge is 0.347 e. The van der Waals surface area contributed by atoms with Crippen molar-refractivity contribution in [3.63, 3.8) is 0 Å². The summed E-state index contributed by atoms with van der Waals surface area (Å²) in [6, 6.07) is 0.191. The molecule has 8 bridgehead atoms. The first-order valence-corrected chi connectivity index (χ1v) is 27.7. The highest BCUT2D eigenvalue weighted by atomic mass is 16.6. The average molecular weight is 1030 g/mol. The highest BCUT2D eigenvalue weighted by Gasteiger charge is 2.60. The van der Waals surface area contributed by atoms with E-state index in [-0.39, 0.29) is 58.5 Å². The third kappa shape index (κ3) is 13.4. The maximum Gasteiger partial charge on any atom is 0.347 e. The van der Waals surface area contributed by atoms with Gasteiger partial charge >= 0.3 is 29.8 Å². The number of imide groups is 1. The standard InChI is InChI=1S/C16H24O2.C14H20O3.C12H20O2.C10H13NO2.C8H10O4/c1-4-16(18-15(17)10(2)3)13-6-11-5-12(8-13)9-14(16)7-11;1-9(2)12(15)17-14-6-10-3-11(7-14)5-13(16,4-10)8-14;1-4-12(8-6-5-7-9-12)14-11(13)10(2)3;1-6(2)9(12)11-8-5-3-4-7(8)10(11)13;1-5(2)7(9)12-6-3-4-11-8(6)10/h11-14H,2,4-9H2,1,3H3;10-11,16H,1,3-8H2,2H3;2,4-9H2,1,3H3;7-8H,1,3-5H2,2H3;6H,1,3-4H2,2H3. The molecular formula is C60H87NO13. The lowest BCUT2D eigenvalue weighted by molar-refractivity contribution is -0.217. The summed E-state index contributed by atoms with van der Waals surface area (Å²) >= 11 is 0. The van der Waals surface area contributed by atoms with Crippen molar-refractivity contribution in [1.29, 1.82) is 0 Å². The molecule has 2 aliphatic heterocycles. The Balaban J connectivity index is 0.000000152. The number of rotatable bonds is 11. The van der Waals surface area contributed by atoms with Crippen LogP contribution in [0.4, 0.5) is 0 Å². The third-order valence-electron chi connectivity index (χ3n) is 17.8. The van der Waals surface area contributed by atoms with Gasteiger partial charge in [-0.2, -0.15) is 0 Å². The summed E-state index contributed by atoms with van der Waals surface area (Å²) < 4.78 is 26.6. The van der Waals surface area contributed by atoms with E-state index in [1.807, 2.05) is 0 Å². The van der Waals surface area contributed by atoms with Crippen LogP contribution in [-0.2, 0) is 57.2 Å². The molecule has 12 aliphatic rings. The summed E-state index contributed by atoms with van der Waals surface area (Å²) in [5.41, 5.74) is 0.924. The number of likely N-dealkylation sites (tertiary alicyclic amines) is 1. The predicted octanol–water partition coefficient (Wildman–Crippen LogP) is 10.6. The van der Waals surface area contributed by atoms with Gasteiger partial charge in [0, 0.05) is 40.7 Å². The van der Waals surface area contributed by atoms with Gasteiger partial charge in [0.1, 0.15) is 16.8 Å². The highest BCUT2D eigenvalue weighted by molar-refractivity contribution is 6.08. The van der Waals surface area contributed by atoms with Gasteiger partial charge in [-0.1, -0.05) is 59.6 Å². The minimum atomic E-state index is -0.728. The molecule has 0 aromatic rings. The molecule has 0 aromatic carbocycles. The molecule has 74 heavy (non-hydrogen) atoms. The molecule has 0 spiro atoms. The summed E-state index contributed by atoms with van der Waals surface area (Å²) in [4.78, 5) is 81.2. The zero-order chi connectivity index (χ0) is 54.5. The zero-order valence-electron chi connectivity index (χ0n) is 45.8. The van der Waals surface area contributed by atoms with E-state index in [2.05, 4.69) is 51.5 Å². The van der Waals surface area contributed by atoms with Gasteiger partial charge in [-0.3, -0.25) is 14.5 Å². The maximum absolute atomic E-state index is 12.0. The number of carbonyl (C=O) groups excluding carboxylic acids is 7. The van der Waals surface area contributed by atoms with E-state index in [4.69, 9.17) is 18.9 Å². The number of β-lactam (4-membered cyclic amide) rings is 1. The second kappa shape index (κ2) is 24.0. The van der Waals surface area contributed by atoms with Crippen molar-refractivity contribution in [2.75, 3.05) is 6.61 Å². The van der Waals surface area contributed by atoms with E-state index >= 15 is 0 Å². The van der Waals surface area contributed by atoms with Gasteiger partial charge in [-0.25, -0.2) is 24.0 Å². The van der Waals surface area contributed by atoms with Crippen LogP contribution in [0, 0.1) is 41.4 Å². The summed E-state index contributed by atoms with van der Waals surface area (Å²) in [5, 5.41) is 10.5. The van der Waals surface area contributed by atoms with E-state index < -0.39 is 29.2 Å². The SMILES string of the molecule is C=C(C)C(=O)N1C(=O)C2CCCC21.C=C(C)C(=O)OC1(CC)C2CC3CC(C2)CC1C3.C=C(C)C(=O)OC1(CC)CCCCC1.C=C(C)C(=O)OC12CC3CC(CC(O)(C3)C1)C2.C=C(C)C(=O)OC1CCOC1=O. The molecule has 12 rings (SSSR count). The molecule has 1 N–H and O–H groups in total. The second-order valence-corrected chi connectivity index (χ2v) is 24.1. The van der Waals surface area contributed by atoms with Gasteiger partial charge in [0.05, 0.1) is 24.2 Å². The van der Waals surface area contributed by atoms with E-state index in [1.165, 1.54) is 69.6 Å². The normalized spacial score (nSPS) is 34.5. The molecule has 14 nitrogen and oxygen atoms in total. The molecule has 10 saturated carbocycles. The van der Waals surface area contributed by atoms with E-state index in [0.29, 0.717) is 65.4 Å². The van der Waals surface area contributed by atoms with Crippen LogP contribution >= 0.6 is 0 Å². The topological polar surface area (TPSA) is 189 Å². The third-order valence-corrected chi connectivity index (χ3v) is 17.8. The van der Waals surface area contributed by atoms with Crippen LogP contribution in [0.15, 0.2) is 60.8 Å². The molecule has 10 aliphatic carbocycles. The van der Waals surface area contributed by atoms with E-state index in [9.17, 15) is 38.7 Å². The molecule has 2 heterocycles. The molecule has 5 unspecified atom stereocenters. The summed E-state index contributed by atoms with van der Waals surface area (Å²) in [6.45, 7) is 30.9. The minimum absolute atomic E-state index is 0.00972. The Kier molecular flexibility index (Phi) is 18.9. The van der Waals surface area contributed by atoms with Crippen LogP contribution in [0.5, 0.6) is 0 Å². The van der Waals surface area contributed by atoms with Crippen molar-refractivity contribution in [2.45, 2.75) is 224 Å². The lowest BCUT2D eigenvalue weighted by atomic mass is 9.49. The highest BCUT2D eigenvalue weighted by Crippen LogP contribution is 2.61. The van der Waals surface area contributed by atoms with Crippen LogP contribution in [0.3, 0.4) is 0 Å². The monoisotopic (exact) mass is 1030 g/mol. The van der Waals surface area contributed by atoms with Crippen molar-refractivity contribution < 1.29 is 62.4 Å². The lowest BCUT2D eigenvalue weighted by Gasteiger charge is -2.60. The maximum atomic E-state index is 12.0. The average Bonchev–Trinajstić information content (AvgIpc) is 3.95. The van der Waals surface area contributed by atoms with Crippen LogP contribution in [0.1, 0.15) is 190 Å². The molecule has 0 aromatic heterocycles. The lowest BCUT2D eigenvalue weighted by Crippen LogP contribution is -2.60. The quantitative estimate of drug-likeness (QED) is 0.0891. The number of ether oxygens (including phenoxy) is 5. The predicted molar refractivity (Wildman–Crippen MR) is 279 cm³/mol. The Morgan fingerprint density at radius 1 is 0.608 bits per heavy atom. The Bertz CT molecular complexity index is 2190. The van der Waals surface area contributed by atoms with Crippen LogP contribution in [-0.4, -0.2) is 92.8 Å². The number of aliphatic hydroxyl groups is 1. The van der Waals surface area contributed by atoms with Crippen LogP contribution in [0.2, 0.25) is 0 Å². The Hall–Kier alpha value is -4.85. The van der Waals surface area contributed by atoms with E-state index in [0.717, 1.165) is 82.5 Å². The van der Waals surface area contributed by atoms with Crippen LogP contribution < -0.4 is 0 Å². The van der Waals surface area contributed by atoms with E-state index in [1.54, 1.807) is 27.7 Å². The molecule has 14 heteroatoms. The molecular weight excluding hydrogens is 943 g/mol. The molecule has 2 saturated heterocycles. The first-order valence-electron chi connectivity index (χ1n) is 27.7. The van der Waals surface area contributed by atoms with Gasteiger partial charge in [0.2, 0.25) is 12.0 Å². The number of cyclic esters (lactones) is 1. The van der Waals surface area contributed by atoms with Gasteiger partial charge in [-0.15, -0.1) is 0 Å². The van der Waals surface area contributed by atoms with Crippen molar-refractivity contribution >= 4 is 41.7 Å². The van der Waals surface area contributed by atoms with Crippen molar-refractivity contribution in [1.82, 2.24) is 4.90 Å². The van der Waals surface area contributed by atoms with Gasteiger partial charge in [0.15, 0.2) is 0 Å². The second-order valence-electron chi connectivity index (χ2n) is 24.1. The fraction of sp³-hybridized carbons (Fsp3) is 0.717. The molecule has 0 radical (unpaired) electrons. The number of nitrogens with zero attached hydrogens (tertiary/aromatic N) is 1. The Labute approximate surface area is 440 Å². The number of amides is 2. The number of carbonyl (C=O) groups is 7. The molecule has 5 atom stereocenters. The summed E-state index contributed by atoms with van der Waals surface area (Å²) in [5.74, 6) is 2.39. The first kappa shape index (κ1) is 58.4. The van der Waals surface area contributed by atoms with Crippen LogP contribution in [0.25, 0.3) is 0 Å². The summed E-state index contributed by atoms with van der Waals surface area (Å²) in [6.07, 6.45) is 22.3. The Morgan fingerprint density at radius 2 is 1.12 bits per heavy atom. The fourth-order valence-electron chi connectivity index (χ4n) is 14.7. The number of esters is 5. The van der Waals surface area contributed by atoms with Gasteiger partial charge in [-0.05, 0) is 186 Å². The molecule has 2 amide bonds. The number of fused-ring (bicyclic) bond motifs is 1.